The van der Waals surface area contributed by atoms with Gasteiger partial charge in [-0.1, -0.05) is 23.7 Å². The molecule has 1 atom stereocenters. The standard InChI is InChI=1S/C16H21ClN2O3/c17-14-3-1-13(2-4-14)15-11-19(7-10-22-15)16(20)12-18-5-8-21-9-6-18/h1-4,15H,5-12H2/t15-/m1/s1. The van der Waals surface area contributed by atoms with Crippen LogP contribution in [0.3, 0.4) is 0 Å². The van der Waals surface area contributed by atoms with Crippen molar-refractivity contribution in [3.8, 4) is 0 Å². The highest BCUT2D eigenvalue weighted by atomic mass is 35.5. The summed E-state index contributed by atoms with van der Waals surface area (Å²) in [5.74, 6) is 0.171. The summed E-state index contributed by atoms with van der Waals surface area (Å²) >= 11 is 5.92. The Labute approximate surface area is 135 Å². The van der Waals surface area contributed by atoms with Gasteiger partial charge in [-0.05, 0) is 17.7 Å². The SMILES string of the molecule is O=C(CN1CCOCC1)N1CCO[C@@H](c2ccc(Cl)cc2)C1. The Morgan fingerprint density at radius 3 is 2.59 bits per heavy atom. The number of carbonyl (C=O) groups is 1. The largest absolute Gasteiger partial charge is 0.379 e. The van der Waals surface area contributed by atoms with Crippen molar-refractivity contribution in [1.82, 2.24) is 9.80 Å². The lowest BCUT2D eigenvalue weighted by Gasteiger charge is -2.35. The van der Waals surface area contributed by atoms with Crippen molar-refractivity contribution in [2.45, 2.75) is 6.10 Å². The molecule has 0 unspecified atom stereocenters. The van der Waals surface area contributed by atoms with Crippen molar-refractivity contribution in [2.24, 2.45) is 0 Å². The van der Waals surface area contributed by atoms with Crippen molar-refractivity contribution in [3.63, 3.8) is 0 Å². The summed E-state index contributed by atoms with van der Waals surface area (Å²) in [7, 11) is 0. The van der Waals surface area contributed by atoms with E-state index in [1.807, 2.05) is 29.2 Å². The van der Waals surface area contributed by atoms with Crippen molar-refractivity contribution in [3.05, 3.63) is 34.9 Å². The van der Waals surface area contributed by atoms with Crippen LogP contribution in [0.15, 0.2) is 24.3 Å². The minimum atomic E-state index is -0.0698. The zero-order chi connectivity index (χ0) is 15.4. The maximum atomic E-state index is 12.5. The molecule has 5 nitrogen and oxygen atoms in total. The molecule has 0 bridgehead atoms. The fraction of sp³-hybridized carbons (Fsp3) is 0.562. The molecule has 1 amide bonds. The van der Waals surface area contributed by atoms with Crippen LogP contribution >= 0.6 is 11.6 Å². The van der Waals surface area contributed by atoms with Gasteiger partial charge in [-0.3, -0.25) is 9.69 Å². The predicted octanol–water partition coefficient (Wildman–Crippen LogP) is 1.57. The molecule has 6 heteroatoms. The normalized spacial score (nSPS) is 23.5. The number of hydrogen-bond acceptors (Lipinski definition) is 4. The summed E-state index contributed by atoms with van der Waals surface area (Å²) in [5.41, 5.74) is 1.06. The lowest BCUT2D eigenvalue weighted by Crippen LogP contribution is -2.48. The van der Waals surface area contributed by atoms with Crippen molar-refractivity contribution in [1.29, 1.82) is 0 Å². The van der Waals surface area contributed by atoms with E-state index in [0.717, 1.165) is 18.7 Å². The van der Waals surface area contributed by atoms with Crippen LogP contribution < -0.4 is 0 Å². The summed E-state index contributed by atoms with van der Waals surface area (Å²) in [6, 6.07) is 7.63. The van der Waals surface area contributed by atoms with Gasteiger partial charge in [-0.2, -0.15) is 0 Å². The Kier molecular flexibility index (Phi) is 5.31. The van der Waals surface area contributed by atoms with E-state index in [2.05, 4.69) is 4.90 Å². The summed E-state index contributed by atoms with van der Waals surface area (Å²) in [6.07, 6.45) is -0.0698. The molecule has 0 aliphatic carbocycles. The van der Waals surface area contributed by atoms with Crippen LogP contribution in [0.2, 0.25) is 5.02 Å². The maximum Gasteiger partial charge on any atom is 0.236 e. The number of rotatable bonds is 3. The molecule has 2 saturated heterocycles. The fourth-order valence-corrected chi connectivity index (χ4v) is 2.93. The molecule has 1 aromatic carbocycles. The molecule has 2 fully saturated rings. The van der Waals surface area contributed by atoms with Crippen LogP contribution in [0, 0.1) is 0 Å². The molecule has 0 saturated carbocycles. The molecule has 1 aromatic rings. The van der Waals surface area contributed by atoms with E-state index in [9.17, 15) is 4.79 Å². The van der Waals surface area contributed by atoms with E-state index in [-0.39, 0.29) is 12.0 Å². The number of morpholine rings is 2. The van der Waals surface area contributed by atoms with Gasteiger partial charge in [0.15, 0.2) is 0 Å². The minimum absolute atomic E-state index is 0.0698. The molecule has 0 spiro atoms. The second kappa shape index (κ2) is 7.42. The molecular formula is C16H21ClN2O3. The number of ether oxygens (including phenoxy) is 2. The Morgan fingerprint density at radius 1 is 1.14 bits per heavy atom. The third kappa shape index (κ3) is 3.98. The van der Waals surface area contributed by atoms with E-state index in [1.54, 1.807) is 0 Å². The third-order valence-electron chi connectivity index (χ3n) is 4.12. The summed E-state index contributed by atoms with van der Waals surface area (Å²) in [6.45, 7) is 5.39. The molecular weight excluding hydrogens is 304 g/mol. The van der Waals surface area contributed by atoms with Crippen LogP contribution in [-0.2, 0) is 14.3 Å². The zero-order valence-electron chi connectivity index (χ0n) is 12.5. The molecule has 0 N–H and O–H groups in total. The van der Waals surface area contributed by atoms with Gasteiger partial charge in [0.2, 0.25) is 5.91 Å². The van der Waals surface area contributed by atoms with Gasteiger partial charge < -0.3 is 14.4 Å². The minimum Gasteiger partial charge on any atom is -0.379 e. The molecule has 120 valence electrons. The average molecular weight is 325 g/mol. The zero-order valence-corrected chi connectivity index (χ0v) is 13.3. The molecule has 3 rings (SSSR count). The fourth-order valence-electron chi connectivity index (χ4n) is 2.81. The number of nitrogens with zero attached hydrogens (tertiary/aromatic N) is 2. The quantitative estimate of drug-likeness (QED) is 0.846. The van der Waals surface area contributed by atoms with Crippen LogP contribution in [0.1, 0.15) is 11.7 Å². The first-order valence-electron chi connectivity index (χ1n) is 7.67. The first kappa shape index (κ1) is 15.7. The maximum absolute atomic E-state index is 12.5. The lowest BCUT2D eigenvalue weighted by molar-refractivity contribution is -0.141. The Morgan fingerprint density at radius 2 is 1.86 bits per heavy atom. The monoisotopic (exact) mass is 324 g/mol. The summed E-state index contributed by atoms with van der Waals surface area (Å²) in [5, 5.41) is 0.708. The number of amides is 1. The van der Waals surface area contributed by atoms with Gasteiger partial charge in [0.25, 0.3) is 0 Å². The highest BCUT2D eigenvalue weighted by molar-refractivity contribution is 6.30. The first-order chi connectivity index (χ1) is 10.7. The second-order valence-corrected chi connectivity index (χ2v) is 6.08. The number of halogens is 1. The van der Waals surface area contributed by atoms with E-state index >= 15 is 0 Å². The third-order valence-corrected chi connectivity index (χ3v) is 4.38. The highest BCUT2D eigenvalue weighted by Gasteiger charge is 2.26. The molecule has 2 heterocycles. The number of benzene rings is 1. The number of hydrogen-bond donors (Lipinski definition) is 0. The van der Waals surface area contributed by atoms with Gasteiger partial charge in [-0.15, -0.1) is 0 Å². The highest BCUT2D eigenvalue weighted by Crippen LogP contribution is 2.23. The molecule has 0 aromatic heterocycles. The molecule has 2 aliphatic heterocycles. The van der Waals surface area contributed by atoms with Crippen molar-refractivity contribution in [2.75, 3.05) is 52.5 Å². The van der Waals surface area contributed by atoms with Crippen molar-refractivity contribution < 1.29 is 14.3 Å². The van der Waals surface area contributed by atoms with Gasteiger partial charge in [0.1, 0.15) is 6.10 Å². The summed E-state index contributed by atoms with van der Waals surface area (Å²) in [4.78, 5) is 16.5. The second-order valence-electron chi connectivity index (χ2n) is 5.64. The van der Waals surface area contributed by atoms with Crippen molar-refractivity contribution >= 4 is 17.5 Å². The van der Waals surface area contributed by atoms with Crippen LogP contribution in [0.5, 0.6) is 0 Å². The van der Waals surface area contributed by atoms with Crippen LogP contribution in [0.4, 0.5) is 0 Å². The van der Waals surface area contributed by atoms with E-state index in [4.69, 9.17) is 21.1 Å². The molecule has 0 radical (unpaired) electrons. The Hall–Kier alpha value is -1.14. The van der Waals surface area contributed by atoms with Gasteiger partial charge in [0, 0.05) is 24.7 Å². The Balaban J connectivity index is 1.57. The summed E-state index contributed by atoms with van der Waals surface area (Å²) < 4.78 is 11.1. The van der Waals surface area contributed by atoms with E-state index in [0.29, 0.717) is 44.5 Å². The van der Waals surface area contributed by atoms with Gasteiger partial charge in [0.05, 0.1) is 32.9 Å². The van der Waals surface area contributed by atoms with Gasteiger partial charge in [-0.25, -0.2) is 0 Å². The van der Waals surface area contributed by atoms with Gasteiger partial charge >= 0.3 is 0 Å². The first-order valence-corrected chi connectivity index (χ1v) is 8.05. The smallest absolute Gasteiger partial charge is 0.236 e. The predicted molar refractivity (Wildman–Crippen MR) is 84.0 cm³/mol. The van der Waals surface area contributed by atoms with E-state index in [1.165, 1.54) is 0 Å². The number of carbonyl (C=O) groups excluding carboxylic acids is 1. The molecule has 2 aliphatic rings. The molecule has 22 heavy (non-hydrogen) atoms. The Bertz CT molecular complexity index is 503. The lowest BCUT2D eigenvalue weighted by atomic mass is 10.1. The van der Waals surface area contributed by atoms with E-state index < -0.39 is 0 Å². The average Bonchev–Trinajstić information content (AvgIpc) is 2.56. The topological polar surface area (TPSA) is 42.0 Å². The van der Waals surface area contributed by atoms with Crippen LogP contribution in [0.25, 0.3) is 0 Å². The van der Waals surface area contributed by atoms with Crippen LogP contribution in [-0.4, -0.2) is 68.3 Å².